The molecule has 5 heteroatoms. The number of sulfonamides is 1. The van der Waals surface area contributed by atoms with Gasteiger partial charge in [-0.05, 0) is 42.7 Å². The van der Waals surface area contributed by atoms with Gasteiger partial charge >= 0.3 is 0 Å². The number of hydrogen-bond donors (Lipinski definition) is 0. The summed E-state index contributed by atoms with van der Waals surface area (Å²) in [6.45, 7) is 2.48. The molecule has 25 heavy (non-hydrogen) atoms. The highest BCUT2D eigenvalue weighted by atomic mass is 32.2. The van der Waals surface area contributed by atoms with Gasteiger partial charge in [0.2, 0.25) is 10.0 Å². The minimum atomic E-state index is -3.55. The average Bonchev–Trinajstić information content (AvgIpc) is 2.86. The van der Waals surface area contributed by atoms with Crippen LogP contribution < -0.4 is 4.74 Å². The molecule has 1 aliphatic heterocycles. The molecule has 1 fully saturated rings. The summed E-state index contributed by atoms with van der Waals surface area (Å²) in [7, 11) is -1.92. The molecule has 0 bridgehead atoms. The second kappa shape index (κ2) is 6.00. The van der Waals surface area contributed by atoms with Crippen molar-refractivity contribution in [1.82, 2.24) is 4.31 Å². The van der Waals surface area contributed by atoms with Crippen molar-refractivity contribution in [2.24, 2.45) is 11.8 Å². The smallest absolute Gasteiger partial charge is 0.243 e. The fourth-order valence-electron chi connectivity index (χ4n) is 3.74. The Balaban J connectivity index is 1.76. The van der Waals surface area contributed by atoms with E-state index in [-0.39, 0.29) is 17.9 Å². The SMILES string of the molecule is COc1cccc([C@@H]2[C@H]3C=C[C@H]3CN2S(=O)(=O)c2ccc(C)cc2)c1. The summed E-state index contributed by atoms with van der Waals surface area (Å²) in [5.41, 5.74) is 2.03. The van der Waals surface area contributed by atoms with Crippen molar-refractivity contribution >= 4 is 10.0 Å². The highest BCUT2D eigenvalue weighted by Gasteiger charge is 2.49. The molecule has 2 aliphatic rings. The molecule has 130 valence electrons. The molecule has 3 atom stereocenters. The molecule has 4 nitrogen and oxygen atoms in total. The lowest BCUT2D eigenvalue weighted by atomic mass is 9.79. The van der Waals surface area contributed by atoms with E-state index in [4.69, 9.17) is 4.74 Å². The Hall–Kier alpha value is -2.11. The standard InChI is InChI=1S/C20H21NO3S/c1-14-6-9-18(10-7-14)25(22,23)21-13-16-8-11-19(16)20(21)15-4-3-5-17(12-15)24-2/h3-12,16,19-20H,13H2,1-2H3/t16-,19-,20+/m0/s1. The first kappa shape index (κ1) is 16.4. The second-order valence-corrected chi connectivity index (χ2v) is 8.63. The summed E-state index contributed by atoms with van der Waals surface area (Å²) < 4.78 is 33.5. The molecule has 0 unspecified atom stereocenters. The summed E-state index contributed by atoms with van der Waals surface area (Å²) in [6.07, 6.45) is 4.24. The molecule has 1 aliphatic carbocycles. The summed E-state index contributed by atoms with van der Waals surface area (Å²) in [5, 5.41) is 0. The molecule has 2 aromatic rings. The van der Waals surface area contributed by atoms with Gasteiger partial charge in [-0.15, -0.1) is 0 Å². The van der Waals surface area contributed by atoms with Crippen LogP contribution in [0.25, 0.3) is 0 Å². The second-order valence-electron chi connectivity index (χ2n) is 6.74. The topological polar surface area (TPSA) is 46.6 Å². The normalized spacial score (nSPS) is 25.4. The minimum Gasteiger partial charge on any atom is -0.497 e. The summed E-state index contributed by atoms with van der Waals surface area (Å²) in [5.74, 6) is 1.26. The van der Waals surface area contributed by atoms with E-state index < -0.39 is 10.0 Å². The molecule has 0 N–H and O–H groups in total. The average molecular weight is 355 g/mol. The van der Waals surface area contributed by atoms with Gasteiger partial charge in [0.1, 0.15) is 5.75 Å². The third-order valence-corrected chi connectivity index (χ3v) is 7.06. The maximum absolute atomic E-state index is 13.3. The van der Waals surface area contributed by atoms with Gasteiger partial charge in [0.05, 0.1) is 18.0 Å². The predicted molar refractivity (Wildman–Crippen MR) is 96.9 cm³/mol. The molecule has 1 saturated heterocycles. The zero-order chi connectivity index (χ0) is 17.6. The van der Waals surface area contributed by atoms with Crippen LogP contribution in [0.15, 0.2) is 65.6 Å². The molecule has 0 amide bonds. The maximum Gasteiger partial charge on any atom is 0.243 e. The summed E-state index contributed by atoms with van der Waals surface area (Å²) in [4.78, 5) is 0.354. The molecule has 4 rings (SSSR count). The van der Waals surface area contributed by atoms with Crippen LogP contribution in [0.5, 0.6) is 5.75 Å². The van der Waals surface area contributed by atoms with Gasteiger partial charge in [0, 0.05) is 12.5 Å². The number of fused-ring (bicyclic) bond motifs is 1. The number of rotatable bonds is 4. The van der Waals surface area contributed by atoms with Gasteiger partial charge < -0.3 is 4.74 Å². The van der Waals surface area contributed by atoms with Gasteiger partial charge in [0.15, 0.2) is 0 Å². The van der Waals surface area contributed by atoms with Crippen LogP contribution in [0.3, 0.4) is 0 Å². The lowest BCUT2D eigenvalue weighted by Gasteiger charge is -2.29. The van der Waals surface area contributed by atoms with Crippen molar-refractivity contribution in [3.05, 3.63) is 71.8 Å². The number of nitrogens with zero attached hydrogens (tertiary/aromatic N) is 1. The van der Waals surface area contributed by atoms with E-state index in [9.17, 15) is 8.42 Å². The highest BCUT2D eigenvalue weighted by molar-refractivity contribution is 7.89. The number of ether oxygens (including phenoxy) is 1. The summed E-state index contributed by atoms with van der Waals surface area (Å²) >= 11 is 0. The lowest BCUT2D eigenvalue weighted by Crippen LogP contribution is -2.32. The quantitative estimate of drug-likeness (QED) is 0.788. The maximum atomic E-state index is 13.3. The Morgan fingerprint density at radius 1 is 1.08 bits per heavy atom. The molecule has 0 saturated carbocycles. The first-order valence-electron chi connectivity index (χ1n) is 8.41. The summed E-state index contributed by atoms with van der Waals surface area (Å²) in [6, 6.07) is 14.6. The van der Waals surface area contributed by atoms with Crippen LogP contribution in [0, 0.1) is 18.8 Å². The van der Waals surface area contributed by atoms with Crippen molar-refractivity contribution in [3.63, 3.8) is 0 Å². The fraction of sp³-hybridized carbons (Fsp3) is 0.300. The van der Waals surface area contributed by atoms with Crippen LogP contribution in [0.1, 0.15) is 17.2 Å². The van der Waals surface area contributed by atoms with Gasteiger partial charge in [-0.2, -0.15) is 4.31 Å². The van der Waals surface area contributed by atoms with Crippen LogP contribution in [0.4, 0.5) is 0 Å². The van der Waals surface area contributed by atoms with E-state index in [1.807, 2.05) is 43.3 Å². The number of methoxy groups -OCH3 is 1. The molecule has 1 heterocycles. The zero-order valence-corrected chi connectivity index (χ0v) is 15.1. The van der Waals surface area contributed by atoms with Crippen molar-refractivity contribution in [2.45, 2.75) is 17.9 Å². The van der Waals surface area contributed by atoms with Crippen LogP contribution >= 0.6 is 0 Å². The number of benzene rings is 2. The predicted octanol–water partition coefficient (Wildman–Crippen LogP) is 3.55. The Morgan fingerprint density at radius 3 is 2.48 bits per heavy atom. The number of hydrogen-bond acceptors (Lipinski definition) is 3. The van der Waals surface area contributed by atoms with Crippen molar-refractivity contribution in [3.8, 4) is 5.75 Å². The Morgan fingerprint density at radius 2 is 1.84 bits per heavy atom. The monoisotopic (exact) mass is 355 g/mol. The third kappa shape index (κ3) is 2.68. The molecular formula is C20H21NO3S. The minimum absolute atomic E-state index is 0.184. The molecule has 0 spiro atoms. The van der Waals surface area contributed by atoms with Crippen LogP contribution in [-0.4, -0.2) is 26.4 Å². The van der Waals surface area contributed by atoms with Gasteiger partial charge in [0.25, 0.3) is 0 Å². The lowest BCUT2D eigenvalue weighted by molar-refractivity contribution is 0.363. The van der Waals surface area contributed by atoms with Crippen LogP contribution in [0.2, 0.25) is 0 Å². The van der Waals surface area contributed by atoms with Gasteiger partial charge in [-0.25, -0.2) is 8.42 Å². The Bertz CT molecular complexity index is 918. The first-order chi connectivity index (χ1) is 12.0. The van der Waals surface area contributed by atoms with Crippen molar-refractivity contribution in [2.75, 3.05) is 13.7 Å². The van der Waals surface area contributed by atoms with E-state index in [0.29, 0.717) is 11.4 Å². The largest absolute Gasteiger partial charge is 0.497 e. The zero-order valence-electron chi connectivity index (χ0n) is 14.3. The number of aryl methyl sites for hydroxylation is 1. The van der Waals surface area contributed by atoms with Crippen molar-refractivity contribution < 1.29 is 13.2 Å². The van der Waals surface area contributed by atoms with Gasteiger partial charge in [-0.3, -0.25) is 0 Å². The third-order valence-electron chi connectivity index (χ3n) is 5.20. The molecule has 0 aromatic heterocycles. The van der Waals surface area contributed by atoms with E-state index in [0.717, 1.165) is 16.9 Å². The molecule has 2 aromatic carbocycles. The van der Waals surface area contributed by atoms with E-state index in [2.05, 4.69) is 12.2 Å². The van der Waals surface area contributed by atoms with Crippen molar-refractivity contribution in [1.29, 1.82) is 0 Å². The first-order valence-corrected chi connectivity index (χ1v) is 9.85. The molecular weight excluding hydrogens is 334 g/mol. The van der Waals surface area contributed by atoms with Crippen LogP contribution in [-0.2, 0) is 10.0 Å². The molecule has 0 radical (unpaired) electrons. The van der Waals surface area contributed by atoms with E-state index in [1.54, 1.807) is 23.5 Å². The fourth-order valence-corrected chi connectivity index (χ4v) is 5.42. The Labute approximate surface area is 148 Å². The van der Waals surface area contributed by atoms with E-state index >= 15 is 0 Å². The Kier molecular flexibility index (Phi) is 3.93. The van der Waals surface area contributed by atoms with E-state index in [1.165, 1.54) is 0 Å². The van der Waals surface area contributed by atoms with Gasteiger partial charge in [-0.1, -0.05) is 42.0 Å². The highest BCUT2D eigenvalue weighted by Crippen LogP contribution is 2.49.